The summed E-state index contributed by atoms with van der Waals surface area (Å²) in [5, 5.41) is 10.8. The van der Waals surface area contributed by atoms with Crippen LogP contribution in [0.4, 0.5) is 17.2 Å². The first-order valence-electron chi connectivity index (χ1n) is 6.23. The molecule has 0 bridgehead atoms. The number of nitrogens with zero attached hydrogens (tertiary/aromatic N) is 2. The topological polar surface area (TPSA) is 143 Å². The third kappa shape index (κ3) is 2.01. The SMILES string of the molecule is NCc1c(N)nc2c(c1N)Cc1cc([N+](=O)[O-])ccc1O2. The first-order valence-corrected chi connectivity index (χ1v) is 6.23. The Morgan fingerprint density at radius 2 is 2.14 bits per heavy atom. The Morgan fingerprint density at radius 3 is 2.81 bits per heavy atom. The van der Waals surface area contributed by atoms with Crippen LogP contribution in [0.1, 0.15) is 16.7 Å². The predicted molar refractivity (Wildman–Crippen MR) is 76.9 cm³/mol. The average Bonchev–Trinajstić information content (AvgIpc) is 2.45. The van der Waals surface area contributed by atoms with E-state index in [2.05, 4.69) is 4.98 Å². The number of benzene rings is 1. The molecule has 108 valence electrons. The maximum absolute atomic E-state index is 10.8. The molecule has 6 N–H and O–H groups in total. The fourth-order valence-electron chi connectivity index (χ4n) is 2.36. The van der Waals surface area contributed by atoms with Gasteiger partial charge in [-0.2, -0.15) is 4.98 Å². The normalized spacial score (nSPS) is 12.2. The maximum atomic E-state index is 10.8. The molecule has 0 fully saturated rings. The lowest BCUT2D eigenvalue weighted by Gasteiger charge is -2.22. The summed E-state index contributed by atoms with van der Waals surface area (Å²) in [6.07, 6.45) is 0.387. The molecule has 2 aromatic rings. The Kier molecular flexibility index (Phi) is 2.88. The summed E-state index contributed by atoms with van der Waals surface area (Å²) in [5.41, 5.74) is 19.8. The summed E-state index contributed by atoms with van der Waals surface area (Å²) < 4.78 is 5.64. The quantitative estimate of drug-likeness (QED) is 0.476. The Hall–Kier alpha value is -2.87. The summed E-state index contributed by atoms with van der Waals surface area (Å²) in [6, 6.07) is 4.39. The number of rotatable bonds is 2. The van der Waals surface area contributed by atoms with Crippen LogP contribution in [0.5, 0.6) is 11.6 Å². The van der Waals surface area contributed by atoms with Gasteiger partial charge in [0.15, 0.2) is 0 Å². The van der Waals surface area contributed by atoms with Crippen LogP contribution < -0.4 is 21.9 Å². The van der Waals surface area contributed by atoms with E-state index < -0.39 is 4.92 Å². The molecule has 0 atom stereocenters. The zero-order valence-electron chi connectivity index (χ0n) is 11.0. The minimum absolute atomic E-state index is 0.00169. The largest absolute Gasteiger partial charge is 0.438 e. The highest BCUT2D eigenvalue weighted by molar-refractivity contribution is 5.68. The molecule has 3 rings (SSSR count). The van der Waals surface area contributed by atoms with Gasteiger partial charge in [0.2, 0.25) is 5.88 Å². The number of nitrogen functional groups attached to an aromatic ring is 2. The second kappa shape index (κ2) is 4.60. The van der Waals surface area contributed by atoms with Crippen LogP contribution in [0, 0.1) is 10.1 Å². The summed E-state index contributed by atoms with van der Waals surface area (Å²) >= 11 is 0. The number of nitro benzene ring substituents is 1. The number of pyridine rings is 1. The van der Waals surface area contributed by atoms with Crippen molar-refractivity contribution >= 4 is 17.2 Å². The third-order valence-corrected chi connectivity index (χ3v) is 3.47. The first kappa shape index (κ1) is 13.1. The molecule has 1 aromatic heterocycles. The molecular formula is C13H13N5O3. The number of hydrogen-bond donors (Lipinski definition) is 3. The van der Waals surface area contributed by atoms with Crippen molar-refractivity contribution in [2.75, 3.05) is 11.5 Å². The van der Waals surface area contributed by atoms with Crippen molar-refractivity contribution in [1.82, 2.24) is 4.98 Å². The van der Waals surface area contributed by atoms with Crippen LogP contribution in [0.25, 0.3) is 0 Å². The maximum Gasteiger partial charge on any atom is 0.269 e. The molecule has 0 saturated carbocycles. The van der Waals surface area contributed by atoms with Gasteiger partial charge in [0.1, 0.15) is 11.6 Å². The number of non-ortho nitro benzene ring substituents is 1. The van der Waals surface area contributed by atoms with Gasteiger partial charge in [-0.1, -0.05) is 0 Å². The first-order chi connectivity index (χ1) is 10.0. The van der Waals surface area contributed by atoms with E-state index >= 15 is 0 Å². The molecule has 0 spiro atoms. The van der Waals surface area contributed by atoms with Gasteiger partial charge in [0.05, 0.1) is 4.92 Å². The molecule has 0 amide bonds. The van der Waals surface area contributed by atoms with Gasteiger partial charge in [-0.3, -0.25) is 10.1 Å². The van der Waals surface area contributed by atoms with E-state index in [1.165, 1.54) is 12.1 Å². The second-order valence-corrected chi connectivity index (χ2v) is 4.71. The number of ether oxygens (including phenoxy) is 1. The van der Waals surface area contributed by atoms with Crippen molar-refractivity contribution in [2.24, 2.45) is 5.73 Å². The van der Waals surface area contributed by atoms with Crippen molar-refractivity contribution in [3.63, 3.8) is 0 Å². The van der Waals surface area contributed by atoms with Gasteiger partial charge in [-0.15, -0.1) is 0 Å². The van der Waals surface area contributed by atoms with Gasteiger partial charge in [-0.05, 0) is 6.07 Å². The molecular weight excluding hydrogens is 274 g/mol. The molecule has 0 aliphatic carbocycles. The van der Waals surface area contributed by atoms with Crippen LogP contribution in [-0.2, 0) is 13.0 Å². The number of anilines is 2. The molecule has 1 aliphatic rings. The zero-order chi connectivity index (χ0) is 15.1. The highest BCUT2D eigenvalue weighted by atomic mass is 16.6. The smallest absolute Gasteiger partial charge is 0.269 e. The number of aromatic nitrogens is 1. The molecule has 0 saturated heterocycles. The van der Waals surface area contributed by atoms with Crippen LogP contribution in [0.3, 0.4) is 0 Å². The van der Waals surface area contributed by atoms with Crippen molar-refractivity contribution in [3.8, 4) is 11.6 Å². The van der Waals surface area contributed by atoms with Crippen LogP contribution in [0.2, 0.25) is 0 Å². The number of nitro groups is 1. The van der Waals surface area contributed by atoms with E-state index in [0.29, 0.717) is 40.4 Å². The van der Waals surface area contributed by atoms with Crippen molar-refractivity contribution in [2.45, 2.75) is 13.0 Å². The van der Waals surface area contributed by atoms with Gasteiger partial charge in [-0.25, -0.2) is 0 Å². The number of nitrogens with two attached hydrogens (primary N) is 3. The van der Waals surface area contributed by atoms with E-state index in [4.69, 9.17) is 21.9 Å². The average molecular weight is 287 g/mol. The fourth-order valence-corrected chi connectivity index (χ4v) is 2.36. The Bertz CT molecular complexity index is 760. The fraction of sp³-hybridized carbons (Fsp3) is 0.154. The highest BCUT2D eigenvalue weighted by Crippen LogP contribution is 2.41. The number of fused-ring (bicyclic) bond motifs is 2. The molecule has 2 heterocycles. The summed E-state index contributed by atoms with van der Waals surface area (Å²) in [7, 11) is 0. The molecule has 8 nitrogen and oxygen atoms in total. The minimum atomic E-state index is -0.453. The summed E-state index contributed by atoms with van der Waals surface area (Å²) in [6.45, 7) is 0.166. The highest BCUT2D eigenvalue weighted by Gasteiger charge is 2.25. The lowest BCUT2D eigenvalue weighted by Crippen LogP contribution is -2.14. The van der Waals surface area contributed by atoms with Crippen molar-refractivity contribution in [3.05, 3.63) is 45.0 Å². The van der Waals surface area contributed by atoms with E-state index in [1.807, 2.05) is 0 Å². The molecule has 8 heteroatoms. The summed E-state index contributed by atoms with van der Waals surface area (Å²) in [5.74, 6) is 1.07. The van der Waals surface area contributed by atoms with E-state index in [-0.39, 0.29) is 18.1 Å². The van der Waals surface area contributed by atoms with Gasteiger partial charge < -0.3 is 21.9 Å². The van der Waals surface area contributed by atoms with Crippen molar-refractivity contribution < 1.29 is 9.66 Å². The molecule has 1 aliphatic heterocycles. The third-order valence-electron chi connectivity index (χ3n) is 3.47. The van der Waals surface area contributed by atoms with E-state index in [9.17, 15) is 10.1 Å². The van der Waals surface area contributed by atoms with E-state index in [1.54, 1.807) is 6.07 Å². The molecule has 21 heavy (non-hydrogen) atoms. The standard InChI is InChI=1S/C13H13N5O3/c14-5-9-11(15)8-4-6-3-7(18(19)20)1-2-10(6)21-13(8)17-12(9)16/h1-3H,4-5,14H2,(H4,15,16,17). The second-order valence-electron chi connectivity index (χ2n) is 4.71. The lowest BCUT2D eigenvalue weighted by atomic mass is 9.98. The Balaban J connectivity index is 2.11. The van der Waals surface area contributed by atoms with E-state index in [0.717, 1.165) is 0 Å². The Labute approximate surface area is 119 Å². The van der Waals surface area contributed by atoms with Gasteiger partial charge in [0.25, 0.3) is 5.69 Å². The summed E-state index contributed by atoms with van der Waals surface area (Å²) in [4.78, 5) is 14.5. The van der Waals surface area contributed by atoms with Gasteiger partial charge in [0, 0.05) is 47.5 Å². The lowest BCUT2D eigenvalue weighted by molar-refractivity contribution is -0.384. The predicted octanol–water partition coefficient (Wildman–Crippen LogP) is 1.31. The van der Waals surface area contributed by atoms with Crippen LogP contribution >= 0.6 is 0 Å². The molecule has 0 unspecified atom stereocenters. The van der Waals surface area contributed by atoms with Crippen LogP contribution in [-0.4, -0.2) is 9.91 Å². The molecule has 0 radical (unpaired) electrons. The zero-order valence-corrected chi connectivity index (χ0v) is 11.0. The minimum Gasteiger partial charge on any atom is -0.438 e. The Morgan fingerprint density at radius 1 is 1.38 bits per heavy atom. The van der Waals surface area contributed by atoms with Crippen molar-refractivity contribution in [1.29, 1.82) is 0 Å². The van der Waals surface area contributed by atoms with Crippen LogP contribution in [0.15, 0.2) is 18.2 Å². The number of hydrogen-bond acceptors (Lipinski definition) is 7. The van der Waals surface area contributed by atoms with Gasteiger partial charge >= 0.3 is 0 Å². The monoisotopic (exact) mass is 287 g/mol. The molecule has 1 aromatic carbocycles.